The molecule has 0 aromatic heterocycles. The number of terminal acetylenes is 1. The zero-order valence-corrected chi connectivity index (χ0v) is 23.8. The fraction of sp³-hybridized carbons (Fsp3) is 0.793. The van der Waals surface area contributed by atoms with Crippen LogP contribution in [0.15, 0.2) is 24.7 Å². The van der Waals surface area contributed by atoms with Crippen molar-refractivity contribution in [2.75, 3.05) is 19.8 Å². The van der Waals surface area contributed by atoms with Gasteiger partial charge in [-0.05, 0) is 53.7 Å². The summed E-state index contributed by atoms with van der Waals surface area (Å²) in [5.74, 6) is 0.883. The number of ether oxygens (including phenoxy) is 8. The SMILES string of the molecule is C.C#CC1OC(C)(C)O[C@@H]1[C@H](O)CO.CC1(C)OC2C=COC[C@@H](O)[C@H]2O1.C[C@@H]1COC=CC2OC(C)(C)O[C@@H]21. The van der Waals surface area contributed by atoms with E-state index in [0.29, 0.717) is 12.5 Å². The second kappa shape index (κ2) is 14.0. The number of fused-ring (bicyclic) bond motifs is 2. The van der Waals surface area contributed by atoms with Crippen molar-refractivity contribution in [3.63, 3.8) is 0 Å². The van der Waals surface area contributed by atoms with Crippen LogP contribution in [0.3, 0.4) is 0 Å². The van der Waals surface area contributed by atoms with E-state index in [-0.39, 0.29) is 45.1 Å². The first-order valence-electron chi connectivity index (χ1n) is 13.2. The maximum atomic E-state index is 9.62. The minimum absolute atomic E-state index is 0. The molecule has 0 radical (unpaired) electrons. The predicted molar refractivity (Wildman–Crippen MR) is 145 cm³/mol. The summed E-state index contributed by atoms with van der Waals surface area (Å²) in [6.45, 7) is 13.7. The van der Waals surface area contributed by atoms with Gasteiger partial charge in [0.2, 0.25) is 0 Å². The van der Waals surface area contributed by atoms with E-state index in [1.807, 2.05) is 33.8 Å². The minimum atomic E-state index is -0.997. The van der Waals surface area contributed by atoms with Crippen molar-refractivity contribution < 1.29 is 53.2 Å². The van der Waals surface area contributed by atoms with Gasteiger partial charge >= 0.3 is 0 Å². The van der Waals surface area contributed by atoms with Crippen molar-refractivity contribution in [2.45, 2.75) is 122 Å². The summed E-state index contributed by atoms with van der Waals surface area (Å²) < 4.78 is 43.5. The number of aliphatic hydroxyl groups excluding tert-OH is 3. The molecule has 230 valence electrons. The fourth-order valence-electron chi connectivity index (χ4n) is 4.79. The average Bonchev–Trinajstić information content (AvgIpc) is 3.38. The van der Waals surface area contributed by atoms with Gasteiger partial charge in [-0.25, -0.2) is 0 Å². The molecule has 0 bridgehead atoms. The molecule has 5 heterocycles. The van der Waals surface area contributed by atoms with Gasteiger partial charge in [-0.1, -0.05) is 20.3 Å². The summed E-state index contributed by atoms with van der Waals surface area (Å²) in [4.78, 5) is 0. The molecule has 3 saturated heterocycles. The lowest BCUT2D eigenvalue weighted by molar-refractivity contribution is -0.157. The van der Waals surface area contributed by atoms with Gasteiger partial charge in [0.1, 0.15) is 49.3 Å². The van der Waals surface area contributed by atoms with Crippen molar-refractivity contribution in [3.8, 4) is 12.3 Å². The van der Waals surface area contributed by atoms with E-state index < -0.39 is 41.8 Å². The largest absolute Gasteiger partial charge is 0.501 e. The van der Waals surface area contributed by atoms with E-state index in [1.165, 1.54) is 0 Å². The average molecular weight is 573 g/mol. The molecule has 3 fully saturated rings. The molecule has 11 nitrogen and oxygen atoms in total. The third-order valence-electron chi connectivity index (χ3n) is 6.48. The standard InChI is InChI=1S/C10H16O3.2C9H14O4.CH4/c1-7-6-11-5-4-8-9(7)13-10(2,3)12-8;1-9(2)12-7-3-4-11-5-6(10)8(7)13-9;1-4-7-8(6(11)5-10)13-9(2,3)12-7;/h4-5,7-9H,6H2,1-3H3;3-4,6-8,10H,5H2,1-2H3;1,6-8,10-11H,5H2,2-3H3;1H4/t7-,8?,9-;2*6-,7?,8-;/m111./s1. The zero-order chi connectivity index (χ0) is 29.0. The third-order valence-corrected chi connectivity index (χ3v) is 6.48. The number of rotatable bonds is 2. The maximum Gasteiger partial charge on any atom is 0.165 e. The molecule has 5 aliphatic rings. The van der Waals surface area contributed by atoms with Gasteiger partial charge in [-0.3, -0.25) is 0 Å². The lowest BCUT2D eigenvalue weighted by Gasteiger charge is -2.20. The third kappa shape index (κ3) is 9.14. The molecule has 3 N–H and O–H groups in total. The molecular formula is C29H48O11. The minimum Gasteiger partial charge on any atom is -0.501 e. The molecule has 0 aromatic rings. The van der Waals surface area contributed by atoms with Crippen molar-refractivity contribution in [1.29, 1.82) is 0 Å². The summed E-state index contributed by atoms with van der Waals surface area (Å²) in [5, 5.41) is 27.7. The summed E-state index contributed by atoms with van der Waals surface area (Å²) in [6, 6.07) is 0. The van der Waals surface area contributed by atoms with Crippen LogP contribution in [-0.2, 0) is 37.9 Å². The van der Waals surface area contributed by atoms with Crippen LogP contribution in [0.1, 0.15) is 55.9 Å². The molecule has 5 aliphatic heterocycles. The quantitative estimate of drug-likeness (QED) is 0.421. The van der Waals surface area contributed by atoms with Crippen LogP contribution in [0.2, 0.25) is 0 Å². The smallest absolute Gasteiger partial charge is 0.165 e. The molecule has 9 atom stereocenters. The summed E-state index contributed by atoms with van der Waals surface area (Å²) >= 11 is 0. The highest BCUT2D eigenvalue weighted by Crippen LogP contribution is 2.34. The lowest BCUT2D eigenvalue weighted by atomic mass is 10.0. The zero-order valence-electron chi connectivity index (χ0n) is 23.8. The van der Waals surface area contributed by atoms with Crippen molar-refractivity contribution in [1.82, 2.24) is 0 Å². The van der Waals surface area contributed by atoms with Crippen LogP contribution >= 0.6 is 0 Å². The summed E-state index contributed by atoms with van der Waals surface area (Å²) in [6.07, 6.45) is 8.97. The second-order valence-corrected chi connectivity index (χ2v) is 11.4. The highest BCUT2D eigenvalue weighted by Gasteiger charge is 2.46. The Morgan fingerprint density at radius 3 is 1.88 bits per heavy atom. The first-order valence-corrected chi connectivity index (χ1v) is 13.2. The topological polar surface area (TPSA) is 135 Å². The molecule has 3 unspecified atom stereocenters. The summed E-state index contributed by atoms with van der Waals surface area (Å²) in [5.41, 5.74) is 0. The number of aliphatic hydroxyl groups is 3. The fourth-order valence-corrected chi connectivity index (χ4v) is 4.79. The van der Waals surface area contributed by atoms with Gasteiger partial charge in [-0.2, -0.15) is 0 Å². The van der Waals surface area contributed by atoms with E-state index >= 15 is 0 Å². The molecule has 0 spiro atoms. The van der Waals surface area contributed by atoms with Gasteiger partial charge in [0.25, 0.3) is 0 Å². The van der Waals surface area contributed by atoms with Crippen LogP contribution in [0.4, 0.5) is 0 Å². The highest BCUT2D eigenvalue weighted by atomic mass is 16.8. The number of hydrogen-bond acceptors (Lipinski definition) is 11. The molecule has 0 aromatic carbocycles. The molecular weight excluding hydrogens is 524 g/mol. The van der Waals surface area contributed by atoms with Crippen molar-refractivity contribution in [2.24, 2.45) is 5.92 Å². The van der Waals surface area contributed by atoms with E-state index in [0.717, 1.165) is 0 Å². The Hall–Kier alpha value is -1.72. The van der Waals surface area contributed by atoms with Crippen LogP contribution < -0.4 is 0 Å². The Kier molecular flexibility index (Phi) is 12.0. The normalized spacial score (nSPS) is 38.5. The van der Waals surface area contributed by atoms with Gasteiger partial charge in [0, 0.05) is 5.92 Å². The van der Waals surface area contributed by atoms with Crippen LogP contribution in [0.5, 0.6) is 0 Å². The highest BCUT2D eigenvalue weighted by molar-refractivity contribution is 5.05. The van der Waals surface area contributed by atoms with E-state index in [2.05, 4.69) is 12.8 Å². The molecule has 0 aliphatic carbocycles. The molecule has 40 heavy (non-hydrogen) atoms. The first-order chi connectivity index (χ1) is 18.2. The van der Waals surface area contributed by atoms with E-state index in [1.54, 1.807) is 32.4 Å². The molecule has 0 amide bonds. The molecule has 11 heteroatoms. The number of hydrogen-bond donors (Lipinski definition) is 3. The Balaban J connectivity index is 0.000000208. The van der Waals surface area contributed by atoms with E-state index in [4.69, 9.17) is 49.4 Å². The van der Waals surface area contributed by atoms with Gasteiger partial charge in [-0.15, -0.1) is 6.42 Å². The van der Waals surface area contributed by atoms with Gasteiger partial charge < -0.3 is 53.2 Å². The van der Waals surface area contributed by atoms with E-state index in [9.17, 15) is 10.2 Å². The molecule has 0 saturated carbocycles. The lowest BCUT2D eigenvalue weighted by Crippen LogP contribution is -2.37. The first kappa shape index (κ1) is 34.5. The van der Waals surface area contributed by atoms with Crippen molar-refractivity contribution >= 4 is 0 Å². The van der Waals surface area contributed by atoms with Crippen LogP contribution in [-0.4, -0.2) is 101 Å². The van der Waals surface area contributed by atoms with Gasteiger partial charge in [0.15, 0.2) is 17.4 Å². The van der Waals surface area contributed by atoms with Crippen molar-refractivity contribution in [3.05, 3.63) is 24.7 Å². The Morgan fingerprint density at radius 2 is 1.32 bits per heavy atom. The van der Waals surface area contributed by atoms with Crippen LogP contribution in [0, 0.1) is 18.3 Å². The maximum absolute atomic E-state index is 9.62. The Morgan fingerprint density at radius 1 is 0.825 bits per heavy atom. The second-order valence-electron chi connectivity index (χ2n) is 11.4. The summed E-state index contributed by atoms with van der Waals surface area (Å²) in [7, 11) is 0. The monoisotopic (exact) mass is 572 g/mol. The Bertz CT molecular complexity index is 845. The molecule has 5 rings (SSSR count). The van der Waals surface area contributed by atoms with Crippen LogP contribution in [0.25, 0.3) is 0 Å². The van der Waals surface area contributed by atoms with Gasteiger partial charge in [0.05, 0.1) is 31.8 Å². The predicted octanol–water partition coefficient (Wildman–Crippen LogP) is 2.23. The Labute approximate surface area is 238 Å².